The van der Waals surface area contributed by atoms with Crippen LogP contribution in [0.3, 0.4) is 0 Å². The van der Waals surface area contributed by atoms with Gasteiger partial charge in [-0.1, -0.05) is 30.0 Å². The van der Waals surface area contributed by atoms with Crippen molar-refractivity contribution in [2.75, 3.05) is 5.75 Å². The Kier molecular flexibility index (Phi) is 5.60. The normalized spacial score (nSPS) is 10.8. The van der Waals surface area contributed by atoms with Crippen LogP contribution in [0.4, 0.5) is 4.39 Å². The Morgan fingerprint density at radius 2 is 1.88 bits per heavy atom. The molecule has 0 unspecified atom stereocenters. The highest BCUT2D eigenvalue weighted by atomic mass is 32.2. The molecular weight excluding hydrogens is 339 g/mol. The Labute approximate surface area is 149 Å². The number of thioether (sulfide) groups is 1. The molecule has 0 aliphatic carbocycles. The second kappa shape index (κ2) is 8.07. The Morgan fingerprint density at radius 1 is 1.12 bits per heavy atom. The number of ketones is 1. The Hall–Kier alpha value is -2.47. The van der Waals surface area contributed by atoms with E-state index in [0.717, 1.165) is 11.1 Å². The third-order valence-electron chi connectivity index (χ3n) is 3.72. The molecule has 0 radical (unpaired) electrons. The largest absolute Gasteiger partial charge is 0.411 e. The lowest BCUT2D eigenvalue weighted by atomic mass is 10.1. The summed E-state index contributed by atoms with van der Waals surface area (Å²) in [6, 6.07) is 13.4. The van der Waals surface area contributed by atoms with E-state index in [0.29, 0.717) is 35.3 Å². The van der Waals surface area contributed by atoms with Gasteiger partial charge in [0.2, 0.25) is 5.89 Å². The van der Waals surface area contributed by atoms with Gasteiger partial charge in [0.05, 0.1) is 0 Å². The minimum absolute atomic E-state index is 0.00623. The fourth-order valence-corrected chi connectivity index (χ4v) is 3.06. The summed E-state index contributed by atoms with van der Waals surface area (Å²) in [4.78, 5) is 12.0. The molecule has 0 amide bonds. The van der Waals surface area contributed by atoms with Gasteiger partial charge in [-0.25, -0.2) is 4.39 Å². The fraction of sp³-hybridized carbons (Fsp3) is 0.211. The van der Waals surface area contributed by atoms with E-state index < -0.39 is 0 Å². The van der Waals surface area contributed by atoms with Crippen molar-refractivity contribution >= 4 is 17.5 Å². The summed E-state index contributed by atoms with van der Waals surface area (Å²) in [6.45, 7) is 1.99. The monoisotopic (exact) mass is 356 g/mol. The van der Waals surface area contributed by atoms with E-state index in [-0.39, 0.29) is 11.6 Å². The lowest BCUT2D eigenvalue weighted by Gasteiger charge is -2.00. The second-order valence-electron chi connectivity index (χ2n) is 5.57. The summed E-state index contributed by atoms with van der Waals surface area (Å²) in [5.74, 6) is 0.866. The van der Waals surface area contributed by atoms with Crippen LogP contribution in [0, 0.1) is 12.7 Å². The molecule has 0 bridgehead atoms. The zero-order valence-electron chi connectivity index (χ0n) is 13.7. The molecule has 0 aliphatic rings. The number of aryl methyl sites for hydroxylation is 1. The highest BCUT2D eigenvalue weighted by molar-refractivity contribution is 7.99. The van der Waals surface area contributed by atoms with Gasteiger partial charge in [0.15, 0.2) is 5.78 Å². The van der Waals surface area contributed by atoms with E-state index in [1.54, 1.807) is 0 Å². The summed E-state index contributed by atoms with van der Waals surface area (Å²) in [5, 5.41) is 8.61. The van der Waals surface area contributed by atoms with E-state index >= 15 is 0 Å². The number of hydrogen-bond acceptors (Lipinski definition) is 5. The predicted molar refractivity (Wildman–Crippen MR) is 95.2 cm³/mol. The molecule has 2 aromatic carbocycles. The molecule has 0 aliphatic heterocycles. The van der Waals surface area contributed by atoms with Crippen LogP contribution in [0.15, 0.2) is 58.2 Å². The number of aromatic nitrogens is 2. The minimum atomic E-state index is -0.340. The minimum Gasteiger partial charge on any atom is -0.411 e. The van der Waals surface area contributed by atoms with E-state index in [9.17, 15) is 9.18 Å². The van der Waals surface area contributed by atoms with Gasteiger partial charge in [-0.3, -0.25) is 4.79 Å². The van der Waals surface area contributed by atoms with Crippen molar-refractivity contribution in [3.63, 3.8) is 0 Å². The lowest BCUT2D eigenvalue weighted by molar-refractivity contribution is 0.0982. The van der Waals surface area contributed by atoms with Crippen molar-refractivity contribution in [2.45, 2.75) is 25.0 Å². The second-order valence-corrected chi connectivity index (χ2v) is 6.62. The average molecular weight is 356 g/mol. The third kappa shape index (κ3) is 4.54. The van der Waals surface area contributed by atoms with Crippen LogP contribution in [0.2, 0.25) is 0 Å². The highest BCUT2D eigenvalue weighted by Crippen LogP contribution is 2.26. The zero-order chi connectivity index (χ0) is 17.6. The summed E-state index contributed by atoms with van der Waals surface area (Å²) < 4.78 is 18.5. The maximum absolute atomic E-state index is 12.9. The maximum Gasteiger partial charge on any atom is 0.276 e. The van der Waals surface area contributed by atoms with Crippen LogP contribution in [0.1, 0.15) is 28.8 Å². The van der Waals surface area contributed by atoms with Gasteiger partial charge in [0, 0.05) is 23.3 Å². The predicted octanol–water partition coefficient (Wildman–Crippen LogP) is 4.94. The number of rotatable bonds is 7. The van der Waals surface area contributed by atoms with Crippen molar-refractivity contribution in [2.24, 2.45) is 0 Å². The van der Waals surface area contributed by atoms with E-state index in [1.165, 1.54) is 36.0 Å². The number of halogens is 1. The topological polar surface area (TPSA) is 56.0 Å². The van der Waals surface area contributed by atoms with Crippen LogP contribution in [-0.2, 0) is 0 Å². The first kappa shape index (κ1) is 17.4. The average Bonchev–Trinajstić information content (AvgIpc) is 3.08. The quantitative estimate of drug-likeness (QED) is 0.341. The van der Waals surface area contributed by atoms with Crippen LogP contribution < -0.4 is 0 Å². The molecule has 1 aromatic heterocycles. The molecule has 0 saturated carbocycles. The number of carbonyl (C=O) groups excluding carboxylic acids is 1. The van der Waals surface area contributed by atoms with Crippen LogP contribution in [0.25, 0.3) is 11.5 Å². The van der Waals surface area contributed by atoms with Gasteiger partial charge >= 0.3 is 0 Å². The van der Waals surface area contributed by atoms with Crippen molar-refractivity contribution in [3.8, 4) is 11.5 Å². The molecule has 3 aromatic rings. The molecule has 1 heterocycles. The number of benzene rings is 2. The molecule has 4 nitrogen and oxygen atoms in total. The lowest BCUT2D eigenvalue weighted by Crippen LogP contribution is -1.99. The first-order chi connectivity index (χ1) is 12.1. The number of carbonyl (C=O) groups is 1. The number of Topliss-reactive ketones (excluding diaryl/α,β-unsaturated/α-hetero) is 1. The standard InChI is InChI=1S/C19H17FN2O2S/c1-13-5-2-3-6-16(13)18-21-22-19(24-18)25-12-4-7-17(23)14-8-10-15(20)11-9-14/h2-3,5-6,8-11H,4,7,12H2,1H3. The molecule has 128 valence electrons. The van der Waals surface area contributed by atoms with E-state index in [4.69, 9.17) is 4.42 Å². The van der Waals surface area contributed by atoms with Gasteiger partial charge in [-0.05, 0) is 49.2 Å². The number of hydrogen-bond donors (Lipinski definition) is 0. The van der Waals surface area contributed by atoms with Crippen LogP contribution in [0.5, 0.6) is 0 Å². The van der Waals surface area contributed by atoms with Gasteiger partial charge in [-0.2, -0.15) is 0 Å². The molecule has 6 heteroatoms. The van der Waals surface area contributed by atoms with Crippen molar-refractivity contribution < 1.29 is 13.6 Å². The molecule has 0 atom stereocenters. The van der Waals surface area contributed by atoms with Gasteiger partial charge < -0.3 is 4.42 Å². The summed E-state index contributed by atoms with van der Waals surface area (Å²) >= 11 is 1.43. The molecular formula is C19H17FN2O2S. The molecule has 0 N–H and O–H groups in total. The van der Waals surface area contributed by atoms with Crippen LogP contribution in [-0.4, -0.2) is 21.7 Å². The highest BCUT2D eigenvalue weighted by Gasteiger charge is 2.11. The van der Waals surface area contributed by atoms with Gasteiger partial charge in [0.25, 0.3) is 5.22 Å². The van der Waals surface area contributed by atoms with Crippen molar-refractivity contribution in [3.05, 3.63) is 65.5 Å². The molecule has 0 spiro atoms. The molecule has 25 heavy (non-hydrogen) atoms. The summed E-state index contributed by atoms with van der Waals surface area (Å²) in [6.07, 6.45) is 1.08. The smallest absolute Gasteiger partial charge is 0.276 e. The first-order valence-electron chi connectivity index (χ1n) is 7.94. The third-order valence-corrected chi connectivity index (χ3v) is 4.63. The van der Waals surface area contributed by atoms with E-state index in [2.05, 4.69) is 10.2 Å². The maximum atomic E-state index is 12.9. The summed E-state index contributed by atoms with van der Waals surface area (Å²) in [5.41, 5.74) is 2.53. The van der Waals surface area contributed by atoms with Gasteiger partial charge in [-0.15, -0.1) is 10.2 Å². The molecule has 0 saturated heterocycles. The SMILES string of the molecule is Cc1ccccc1-c1nnc(SCCCC(=O)c2ccc(F)cc2)o1. The molecule has 0 fully saturated rings. The fourth-order valence-electron chi connectivity index (χ4n) is 2.36. The molecule has 3 rings (SSSR count). The van der Waals surface area contributed by atoms with E-state index in [1.807, 2.05) is 31.2 Å². The number of nitrogens with zero attached hydrogens (tertiary/aromatic N) is 2. The van der Waals surface area contributed by atoms with Gasteiger partial charge in [0.1, 0.15) is 5.82 Å². The Bertz CT molecular complexity index is 862. The van der Waals surface area contributed by atoms with Crippen LogP contribution >= 0.6 is 11.8 Å². The Balaban J connectivity index is 1.49. The van der Waals surface area contributed by atoms with Crippen molar-refractivity contribution in [1.29, 1.82) is 0 Å². The Morgan fingerprint density at radius 3 is 2.64 bits per heavy atom. The summed E-state index contributed by atoms with van der Waals surface area (Å²) in [7, 11) is 0. The zero-order valence-corrected chi connectivity index (χ0v) is 14.6. The van der Waals surface area contributed by atoms with Crippen molar-refractivity contribution in [1.82, 2.24) is 10.2 Å². The first-order valence-corrected chi connectivity index (χ1v) is 8.93.